The summed E-state index contributed by atoms with van der Waals surface area (Å²) in [5, 5.41) is 1.13. The molecule has 0 fully saturated rings. The van der Waals surface area contributed by atoms with Gasteiger partial charge in [0.25, 0.3) is 0 Å². The molecular formula is C18H14FN. The molecule has 0 aliphatic heterocycles. The molecule has 3 aromatic rings. The predicted octanol–water partition coefficient (Wildman–Crippen LogP) is 4.85. The lowest BCUT2D eigenvalue weighted by Gasteiger charge is -2.00. The molecule has 0 bridgehead atoms. The number of fused-ring (bicyclic) bond motifs is 1. The molecular weight excluding hydrogens is 249 g/mol. The topological polar surface area (TPSA) is 12.9 Å². The molecule has 0 radical (unpaired) electrons. The fraction of sp³-hybridized carbons (Fsp3) is 0.0556. The average molecular weight is 263 g/mol. The van der Waals surface area contributed by atoms with E-state index in [2.05, 4.69) is 11.1 Å². The molecule has 3 rings (SSSR count). The fourth-order valence-corrected chi connectivity index (χ4v) is 2.13. The first kappa shape index (κ1) is 12.5. The van der Waals surface area contributed by atoms with Crippen LogP contribution in [0.5, 0.6) is 0 Å². The van der Waals surface area contributed by atoms with E-state index in [4.69, 9.17) is 0 Å². The Hall–Kier alpha value is -2.48. The Balaban J connectivity index is 1.91. The van der Waals surface area contributed by atoms with Crippen LogP contribution in [0.2, 0.25) is 0 Å². The summed E-state index contributed by atoms with van der Waals surface area (Å²) in [5.74, 6) is -0.175. The number of benzene rings is 2. The van der Waals surface area contributed by atoms with Crippen LogP contribution in [-0.2, 0) is 0 Å². The number of rotatable bonds is 2. The highest BCUT2D eigenvalue weighted by Gasteiger charge is 1.97. The Morgan fingerprint density at radius 3 is 2.65 bits per heavy atom. The standard InChI is InChI=1S/C18H14FN/c1-13-12-14(7-11-17(13)19)6-9-16-10-8-15-4-2-3-5-18(15)20-16/h2-12H,1H3/b9-6+. The largest absolute Gasteiger partial charge is 0.248 e. The zero-order valence-electron chi connectivity index (χ0n) is 11.2. The van der Waals surface area contributed by atoms with Gasteiger partial charge in [-0.1, -0.05) is 36.4 Å². The summed E-state index contributed by atoms with van der Waals surface area (Å²) in [4.78, 5) is 4.57. The van der Waals surface area contributed by atoms with Crippen molar-refractivity contribution in [3.05, 3.63) is 77.2 Å². The third-order valence-corrected chi connectivity index (χ3v) is 3.25. The number of para-hydroxylation sites is 1. The summed E-state index contributed by atoms with van der Waals surface area (Å²) in [6, 6.07) is 17.1. The Morgan fingerprint density at radius 2 is 1.80 bits per heavy atom. The number of pyridine rings is 1. The van der Waals surface area contributed by atoms with Gasteiger partial charge >= 0.3 is 0 Å². The summed E-state index contributed by atoms with van der Waals surface area (Å²) >= 11 is 0. The SMILES string of the molecule is Cc1cc(/C=C/c2ccc3ccccc3n2)ccc1F. The number of halogens is 1. The van der Waals surface area contributed by atoms with Crippen molar-refractivity contribution in [2.45, 2.75) is 6.92 Å². The molecule has 0 unspecified atom stereocenters. The summed E-state index contributed by atoms with van der Waals surface area (Å²) in [6.07, 6.45) is 3.89. The van der Waals surface area contributed by atoms with E-state index in [-0.39, 0.29) is 5.82 Å². The van der Waals surface area contributed by atoms with Crippen molar-refractivity contribution in [1.29, 1.82) is 0 Å². The number of aryl methyl sites for hydroxylation is 1. The first-order chi connectivity index (χ1) is 9.72. The third-order valence-electron chi connectivity index (χ3n) is 3.25. The molecule has 20 heavy (non-hydrogen) atoms. The van der Waals surface area contributed by atoms with Crippen molar-refractivity contribution in [1.82, 2.24) is 4.98 Å². The van der Waals surface area contributed by atoms with Gasteiger partial charge in [0.05, 0.1) is 11.2 Å². The Labute approximate surface area is 117 Å². The van der Waals surface area contributed by atoms with Crippen LogP contribution in [0.1, 0.15) is 16.8 Å². The van der Waals surface area contributed by atoms with Crippen molar-refractivity contribution in [2.24, 2.45) is 0 Å². The minimum absolute atomic E-state index is 0.175. The highest BCUT2D eigenvalue weighted by molar-refractivity contribution is 5.80. The lowest BCUT2D eigenvalue weighted by molar-refractivity contribution is 0.618. The van der Waals surface area contributed by atoms with E-state index < -0.39 is 0 Å². The smallest absolute Gasteiger partial charge is 0.126 e. The Bertz CT molecular complexity index is 790. The van der Waals surface area contributed by atoms with Gasteiger partial charge in [-0.15, -0.1) is 0 Å². The van der Waals surface area contributed by atoms with E-state index in [1.165, 1.54) is 6.07 Å². The second kappa shape index (κ2) is 5.25. The molecule has 1 nitrogen and oxygen atoms in total. The van der Waals surface area contributed by atoms with Crippen LogP contribution in [0.25, 0.3) is 23.1 Å². The monoisotopic (exact) mass is 263 g/mol. The van der Waals surface area contributed by atoms with Crippen LogP contribution in [-0.4, -0.2) is 4.98 Å². The lowest BCUT2D eigenvalue weighted by Crippen LogP contribution is -1.84. The van der Waals surface area contributed by atoms with Gasteiger partial charge in [0.15, 0.2) is 0 Å². The molecule has 0 aliphatic rings. The van der Waals surface area contributed by atoms with Gasteiger partial charge in [-0.3, -0.25) is 0 Å². The van der Waals surface area contributed by atoms with Crippen molar-refractivity contribution < 1.29 is 4.39 Å². The number of hydrogen-bond acceptors (Lipinski definition) is 1. The maximum Gasteiger partial charge on any atom is 0.126 e. The first-order valence-corrected chi connectivity index (χ1v) is 6.52. The van der Waals surface area contributed by atoms with Crippen molar-refractivity contribution in [3.63, 3.8) is 0 Å². The highest BCUT2D eigenvalue weighted by Crippen LogP contribution is 2.15. The number of nitrogens with zero attached hydrogens (tertiary/aromatic N) is 1. The van der Waals surface area contributed by atoms with Crippen molar-refractivity contribution in [2.75, 3.05) is 0 Å². The lowest BCUT2D eigenvalue weighted by atomic mass is 10.1. The maximum atomic E-state index is 13.2. The molecule has 1 heterocycles. The van der Waals surface area contributed by atoms with Gasteiger partial charge in [0.1, 0.15) is 5.82 Å². The van der Waals surface area contributed by atoms with Crippen LogP contribution in [0.3, 0.4) is 0 Å². The van der Waals surface area contributed by atoms with E-state index in [0.29, 0.717) is 5.56 Å². The van der Waals surface area contributed by atoms with Gasteiger partial charge < -0.3 is 0 Å². The summed E-state index contributed by atoms with van der Waals surface area (Å²) in [6.45, 7) is 1.76. The summed E-state index contributed by atoms with van der Waals surface area (Å²) in [5.41, 5.74) is 3.49. The molecule has 0 saturated carbocycles. The first-order valence-electron chi connectivity index (χ1n) is 6.52. The van der Waals surface area contributed by atoms with Crippen molar-refractivity contribution >= 4 is 23.1 Å². The molecule has 2 aromatic carbocycles. The molecule has 0 saturated heterocycles. The molecule has 0 amide bonds. The van der Waals surface area contributed by atoms with E-state index in [9.17, 15) is 4.39 Å². The predicted molar refractivity (Wildman–Crippen MR) is 81.8 cm³/mol. The Kier molecular flexibility index (Phi) is 3.30. The van der Waals surface area contributed by atoms with Crippen LogP contribution in [0.4, 0.5) is 4.39 Å². The van der Waals surface area contributed by atoms with Gasteiger partial charge in [0.2, 0.25) is 0 Å². The molecule has 2 heteroatoms. The van der Waals surface area contributed by atoms with Crippen LogP contribution >= 0.6 is 0 Å². The molecule has 0 aliphatic carbocycles. The second-order valence-electron chi connectivity index (χ2n) is 4.77. The van der Waals surface area contributed by atoms with Crippen molar-refractivity contribution in [3.8, 4) is 0 Å². The third kappa shape index (κ3) is 2.59. The zero-order chi connectivity index (χ0) is 13.9. The fourth-order valence-electron chi connectivity index (χ4n) is 2.13. The van der Waals surface area contributed by atoms with Gasteiger partial charge in [0, 0.05) is 5.39 Å². The highest BCUT2D eigenvalue weighted by atomic mass is 19.1. The van der Waals surface area contributed by atoms with Crippen LogP contribution < -0.4 is 0 Å². The summed E-state index contributed by atoms with van der Waals surface area (Å²) in [7, 11) is 0. The van der Waals surface area contributed by atoms with Crippen LogP contribution in [0.15, 0.2) is 54.6 Å². The van der Waals surface area contributed by atoms with E-state index in [1.54, 1.807) is 13.0 Å². The molecule has 1 aromatic heterocycles. The quantitative estimate of drug-likeness (QED) is 0.644. The molecule has 0 N–H and O–H groups in total. The second-order valence-corrected chi connectivity index (χ2v) is 4.77. The van der Waals surface area contributed by atoms with E-state index in [0.717, 1.165) is 22.2 Å². The van der Waals surface area contributed by atoms with Gasteiger partial charge in [-0.05, 0) is 48.4 Å². The maximum absolute atomic E-state index is 13.2. The van der Waals surface area contributed by atoms with Crippen LogP contribution in [0, 0.1) is 12.7 Å². The Morgan fingerprint density at radius 1 is 0.950 bits per heavy atom. The molecule has 0 spiro atoms. The molecule has 98 valence electrons. The number of aromatic nitrogens is 1. The minimum Gasteiger partial charge on any atom is -0.248 e. The van der Waals surface area contributed by atoms with E-state index in [1.807, 2.05) is 48.6 Å². The number of hydrogen-bond donors (Lipinski definition) is 0. The normalized spacial score (nSPS) is 11.3. The average Bonchev–Trinajstić information content (AvgIpc) is 2.48. The van der Waals surface area contributed by atoms with E-state index >= 15 is 0 Å². The molecule has 0 atom stereocenters. The van der Waals surface area contributed by atoms with Gasteiger partial charge in [-0.2, -0.15) is 0 Å². The van der Waals surface area contributed by atoms with Gasteiger partial charge in [-0.25, -0.2) is 9.37 Å². The summed E-state index contributed by atoms with van der Waals surface area (Å²) < 4.78 is 13.2. The zero-order valence-corrected chi connectivity index (χ0v) is 11.2. The minimum atomic E-state index is -0.175.